The maximum atomic E-state index is 13.0. The molecule has 0 unspecified atom stereocenters. The SMILES string of the molecule is COC(=O)CCNC1CC(c2cccc(F)c2)C1. The average molecular weight is 251 g/mol. The molecule has 0 radical (unpaired) electrons. The molecule has 1 aliphatic rings. The topological polar surface area (TPSA) is 38.3 Å². The number of methoxy groups -OCH3 is 1. The van der Waals surface area contributed by atoms with E-state index in [-0.39, 0.29) is 11.8 Å². The van der Waals surface area contributed by atoms with E-state index in [0.29, 0.717) is 24.9 Å². The maximum Gasteiger partial charge on any atom is 0.306 e. The standard InChI is InChI=1S/C14H18FNO2/c1-18-14(17)5-6-16-13-8-11(9-13)10-3-2-4-12(15)7-10/h2-4,7,11,13,16H,5-6,8-9H2,1H3. The van der Waals surface area contributed by atoms with Gasteiger partial charge in [0.2, 0.25) is 0 Å². The van der Waals surface area contributed by atoms with Gasteiger partial charge in [0.05, 0.1) is 13.5 Å². The molecule has 1 fully saturated rings. The van der Waals surface area contributed by atoms with Gasteiger partial charge in [-0.1, -0.05) is 12.1 Å². The molecule has 0 bridgehead atoms. The van der Waals surface area contributed by atoms with Crippen molar-refractivity contribution in [2.75, 3.05) is 13.7 Å². The van der Waals surface area contributed by atoms with E-state index in [0.717, 1.165) is 18.4 Å². The molecule has 1 aromatic rings. The normalized spacial score (nSPS) is 22.3. The van der Waals surface area contributed by atoms with Crippen molar-refractivity contribution in [2.24, 2.45) is 0 Å². The number of halogens is 1. The molecule has 0 spiro atoms. The average Bonchev–Trinajstić information content (AvgIpc) is 2.31. The highest BCUT2D eigenvalue weighted by Crippen LogP contribution is 2.36. The third-order valence-corrected chi connectivity index (χ3v) is 3.45. The molecule has 0 aromatic heterocycles. The number of carbonyl (C=O) groups excluding carboxylic acids is 1. The lowest BCUT2D eigenvalue weighted by Crippen LogP contribution is -2.41. The summed E-state index contributed by atoms with van der Waals surface area (Å²) in [5, 5.41) is 3.30. The van der Waals surface area contributed by atoms with Crippen LogP contribution in [-0.2, 0) is 9.53 Å². The maximum absolute atomic E-state index is 13.0. The Morgan fingerprint density at radius 1 is 1.50 bits per heavy atom. The molecule has 2 rings (SSSR count). The number of rotatable bonds is 5. The molecule has 0 saturated heterocycles. The van der Waals surface area contributed by atoms with Gasteiger partial charge in [-0.15, -0.1) is 0 Å². The van der Waals surface area contributed by atoms with E-state index >= 15 is 0 Å². The van der Waals surface area contributed by atoms with Crippen LogP contribution in [0.3, 0.4) is 0 Å². The van der Waals surface area contributed by atoms with Crippen molar-refractivity contribution in [3.8, 4) is 0 Å². The largest absolute Gasteiger partial charge is 0.469 e. The fraction of sp³-hybridized carbons (Fsp3) is 0.500. The molecule has 18 heavy (non-hydrogen) atoms. The van der Waals surface area contributed by atoms with E-state index < -0.39 is 0 Å². The Balaban J connectivity index is 1.69. The van der Waals surface area contributed by atoms with Gasteiger partial charge in [-0.25, -0.2) is 4.39 Å². The first-order valence-electron chi connectivity index (χ1n) is 6.24. The smallest absolute Gasteiger partial charge is 0.306 e. The van der Waals surface area contributed by atoms with E-state index in [1.165, 1.54) is 13.2 Å². The fourth-order valence-corrected chi connectivity index (χ4v) is 2.30. The molecule has 4 heteroatoms. The van der Waals surface area contributed by atoms with Crippen LogP contribution in [0.5, 0.6) is 0 Å². The highest BCUT2D eigenvalue weighted by Gasteiger charge is 2.29. The van der Waals surface area contributed by atoms with Crippen molar-refractivity contribution in [1.29, 1.82) is 0 Å². The minimum Gasteiger partial charge on any atom is -0.469 e. The number of benzene rings is 1. The first-order valence-corrected chi connectivity index (χ1v) is 6.24. The molecule has 98 valence electrons. The second kappa shape index (κ2) is 5.96. The van der Waals surface area contributed by atoms with E-state index in [9.17, 15) is 9.18 Å². The van der Waals surface area contributed by atoms with Crippen molar-refractivity contribution >= 4 is 5.97 Å². The molecular formula is C14H18FNO2. The number of ether oxygens (including phenoxy) is 1. The predicted molar refractivity (Wildman–Crippen MR) is 66.8 cm³/mol. The van der Waals surface area contributed by atoms with Gasteiger partial charge in [0.1, 0.15) is 5.82 Å². The Morgan fingerprint density at radius 2 is 2.28 bits per heavy atom. The minimum atomic E-state index is -0.191. The quantitative estimate of drug-likeness (QED) is 0.815. The van der Waals surface area contributed by atoms with Crippen LogP contribution < -0.4 is 5.32 Å². The number of carbonyl (C=O) groups is 1. The number of esters is 1. The zero-order valence-electron chi connectivity index (χ0n) is 10.5. The van der Waals surface area contributed by atoms with Gasteiger partial charge in [-0.2, -0.15) is 0 Å². The molecule has 3 nitrogen and oxygen atoms in total. The summed E-state index contributed by atoms with van der Waals surface area (Å²) in [5.41, 5.74) is 1.07. The summed E-state index contributed by atoms with van der Waals surface area (Å²) in [7, 11) is 1.39. The van der Waals surface area contributed by atoms with Crippen LogP contribution in [0.1, 0.15) is 30.7 Å². The summed E-state index contributed by atoms with van der Waals surface area (Å²) in [6, 6.07) is 7.23. The van der Waals surface area contributed by atoms with Crippen molar-refractivity contribution in [1.82, 2.24) is 5.32 Å². The van der Waals surface area contributed by atoms with Gasteiger partial charge in [0, 0.05) is 12.6 Å². The van der Waals surface area contributed by atoms with Crippen LogP contribution in [0.2, 0.25) is 0 Å². The van der Waals surface area contributed by atoms with E-state index in [4.69, 9.17) is 0 Å². The van der Waals surface area contributed by atoms with Crippen molar-refractivity contribution in [3.05, 3.63) is 35.6 Å². The van der Waals surface area contributed by atoms with Crippen LogP contribution in [0.15, 0.2) is 24.3 Å². The molecule has 1 aliphatic carbocycles. The molecule has 0 heterocycles. The zero-order valence-corrected chi connectivity index (χ0v) is 10.5. The first kappa shape index (κ1) is 13.0. The number of hydrogen-bond acceptors (Lipinski definition) is 3. The molecule has 1 N–H and O–H groups in total. The highest BCUT2D eigenvalue weighted by atomic mass is 19.1. The van der Waals surface area contributed by atoms with Crippen LogP contribution in [0, 0.1) is 5.82 Å². The Hall–Kier alpha value is -1.42. The summed E-state index contributed by atoms with van der Waals surface area (Å²) in [6.45, 7) is 0.646. The summed E-state index contributed by atoms with van der Waals surface area (Å²) in [4.78, 5) is 10.9. The molecule has 0 atom stereocenters. The lowest BCUT2D eigenvalue weighted by Gasteiger charge is -2.36. The summed E-state index contributed by atoms with van der Waals surface area (Å²) >= 11 is 0. The van der Waals surface area contributed by atoms with Crippen LogP contribution in [0.4, 0.5) is 4.39 Å². The van der Waals surface area contributed by atoms with Crippen molar-refractivity contribution in [2.45, 2.75) is 31.2 Å². The Morgan fingerprint density at radius 3 is 2.94 bits per heavy atom. The van der Waals surface area contributed by atoms with E-state index in [1.54, 1.807) is 12.1 Å². The molecule has 1 saturated carbocycles. The molecule has 0 aliphatic heterocycles. The van der Waals surface area contributed by atoms with Crippen molar-refractivity contribution < 1.29 is 13.9 Å². The van der Waals surface area contributed by atoms with Gasteiger partial charge in [0.15, 0.2) is 0 Å². The number of hydrogen-bond donors (Lipinski definition) is 1. The summed E-state index contributed by atoms with van der Waals surface area (Å²) in [6.07, 6.45) is 2.41. The third kappa shape index (κ3) is 3.29. The van der Waals surface area contributed by atoms with Crippen LogP contribution in [0.25, 0.3) is 0 Å². The van der Waals surface area contributed by atoms with Gasteiger partial charge >= 0.3 is 5.97 Å². The lowest BCUT2D eigenvalue weighted by molar-refractivity contribution is -0.140. The predicted octanol–water partition coefficient (Wildman–Crippen LogP) is 2.22. The van der Waals surface area contributed by atoms with E-state index in [1.807, 2.05) is 6.07 Å². The summed E-state index contributed by atoms with van der Waals surface area (Å²) < 4.78 is 17.6. The Labute approximate surface area is 106 Å². The minimum absolute atomic E-state index is 0.172. The third-order valence-electron chi connectivity index (χ3n) is 3.45. The Bertz CT molecular complexity index is 416. The van der Waals surface area contributed by atoms with Crippen LogP contribution >= 0.6 is 0 Å². The van der Waals surface area contributed by atoms with Gasteiger partial charge < -0.3 is 10.1 Å². The van der Waals surface area contributed by atoms with Crippen molar-refractivity contribution in [3.63, 3.8) is 0 Å². The fourth-order valence-electron chi connectivity index (χ4n) is 2.30. The first-order chi connectivity index (χ1) is 8.69. The summed E-state index contributed by atoms with van der Waals surface area (Å²) in [5.74, 6) is 0.0782. The van der Waals surface area contributed by atoms with Gasteiger partial charge in [-0.05, 0) is 36.5 Å². The molecule has 1 aromatic carbocycles. The van der Waals surface area contributed by atoms with Crippen LogP contribution in [-0.4, -0.2) is 25.7 Å². The lowest BCUT2D eigenvalue weighted by atomic mass is 9.76. The second-order valence-corrected chi connectivity index (χ2v) is 4.70. The molecule has 0 amide bonds. The molecular weight excluding hydrogens is 233 g/mol. The number of nitrogens with one attached hydrogen (secondary N) is 1. The Kier molecular flexibility index (Phi) is 4.31. The highest BCUT2D eigenvalue weighted by molar-refractivity contribution is 5.69. The zero-order chi connectivity index (χ0) is 13.0. The van der Waals surface area contributed by atoms with Gasteiger partial charge in [0.25, 0.3) is 0 Å². The van der Waals surface area contributed by atoms with E-state index in [2.05, 4.69) is 10.1 Å². The van der Waals surface area contributed by atoms with Gasteiger partial charge in [-0.3, -0.25) is 4.79 Å². The second-order valence-electron chi connectivity index (χ2n) is 4.70. The monoisotopic (exact) mass is 251 g/mol.